The number of fused-ring (bicyclic) bond motifs is 1. The van der Waals surface area contributed by atoms with Crippen LogP contribution in [0.2, 0.25) is 0 Å². The number of hydrogen-bond donors (Lipinski definition) is 2. The average Bonchev–Trinajstić information content (AvgIpc) is 2.77. The molecule has 1 aliphatic heterocycles. The smallest absolute Gasteiger partial charge is 0.225 e. The van der Waals surface area contributed by atoms with Crippen LogP contribution in [0.4, 0.5) is 0 Å². The van der Waals surface area contributed by atoms with E-state index in [1.807, 2.05) is 44.2 Å². The molecule has 1 atom stereocenters. The summed E-state index contributed by atoms with van der Waals surface area (Å²) in [7, 11) is -3.57. The number of nitrogens with one attached hydrogen (secondary N) is 1. The lowest BCUT2D eigenvalue weighted by atomic mass is 10.1. The number of benzene rings is 1. The summed E-state index contributed by atoms with van der Waals surface area (Å²) in [5, 5.41) is 12.3. The number of piperidine rings is 1. The van der Waals surface area contributed by atoms with Crippen LogP contribution in [0.15, 0.2) is 30.3 Å². The molecule has 1 unspecified atom stereocenters. The summed E-state index contributed by atoms with van der Waals surface area (Å²) in [5.41, 5.74) is 2.97. The number of carbonyl (C=O) groups excluding carboxylic acids is 1. The number of pyridine rings is 1. The molecule has 1 aromatic heterocycles. The number of aromatic nitrogens is 1. The van der Waals surface area contributed by atoms with E-state index >= 15 is 0 Å². The predicted molar refractivity (Wildman–Crippen MR) is 123 cm³/mol. The first-order chi connectivity index (χ1) is 15.3. The molecule has 1 aliphatic rings. The highest BCUT2D eigenvalue weighted by Crippen LogP contribution is 2.23. The average molecular weight is 464 g/mol. The van der Waals surface area contributed by atoms with Crippen molar-refractivity contribution < 1.29 is 23.1 Å². The summed E-state index contributed by atoms with van der Waals surface area (Å²) in [5.74, 6) is -1.31. The predicted octanol–water partition coefficient (Wildman–Crippen LogP) is 2.34. The van der Waals surface area contributed by atoms with Gasteiger partial charge in [-0.25, -0.2) is 12.7 Å². The van der Waals surface area contributed by atoms with E-state index in [1.54, 1.807) is 0 Å². The van der Waals surface area contributed by atoms with Crippen LogP contribution in [0.5, 0.6) is 0 Å². The number of nitrogens with zero attached hydrogens (tertiary/aromatic N) is 2. The van der Waals surface area contributed by atoms with Gasteiger partial charge in [0.05, 0.1) is 29.9 Å². The third kappa shape index (κ3) is 6.25. The molecule has 0 radical (unpaired) electrons. The Labute approximate surface area is 190 Å². The van der Waals surface area contributed by atoms with E-state index in [0.29, 0.717) is 45.4 Å². The Kier molecular flexibility index (Phi) is 8.58. The Morgan fingerprint density at radius 3 is 2.72 bits per heavy atom. The number of aliphatic hydroxyl groups is 1. The standard InChI is InChI=1S/C23H33N3O5S/c1-3-6-18(23(28)24-16-27)15-32(29,30)26-11-9-20(10-12-26)31-14-19-13-17(2)25-22-8-5-4-7-21(19)22/h4-5,7-8,13,18,20,27H,3,6,9-12,14-16H2,1-2H3,(H,24,28). The van der Waals surface area contributed by atoms with Gasteiger partial charge in [0.1, 0.15) is 6.73 Å². The second-order valence-corrected chi connectivity index (χ2v) is 10.3. The van der Waals surface area contributed by atoms with Crippen molar-refractivity contribution in [1.82, 2.24) is 14.6 Å². The topological polar surface area (TPSA) is 109 Å². The van der Waals surface area contributed by atoms with Crippen molar-refractivity contribution in [2.24, 2.45) is 5.92 Å². The quantitative estimate of drug-likeness (QED) is 0.524. The van der Waals surface area contributed by atoms with Gasteiger partial charge in [0, 0.05) is 24.2 Å². The van der Waals surface area contributed by atoms with Crippen LogP contribution < -0.4 is 5.32 Å². The Bertz CT molecular complexity index is 1020. The number of aryl methyl sites for hydroxylation is 1. The molecule has 176 valence electrons. The SMILES string of the molecule is CCCC(CS(=O)(=O)N1CCC(OCc2cc(C)nc3ccccc23)CC1)C(=O)NCO. The van der Waals surface area contributed by atoms with Gasteiger partial charge in [-0.15, -0.1) is 0 Å². The Morgan fingerprint density at radius 1 is 1.31 bits per heavy atom. The number of carbonyl (C=O) groups is 1. The van der Waals surface area contributed by atoms with Gasteiger partial charge in [0.25, 0.3) is 0 Å². The fourth-order valence-corrected chi connectivity index (χ4v) is 6.02. The van der Waals surface area contributed by atoms with E-state index in [4.69, 9.17) is 9.84 Å². The molecule has 32 heavy (non-hydrogen) atoms. The maximum atomic E-state index is 12.9. The highest BCUT2D eigenvalue weighted by atomic mass is 32.2. The molecule has 2 aromatic rings. The summed E-state index contributed by atoms with van der Waals surface area (Å²) in [6.45, 7) is 4.59. The van der Waals surface area contributed by atoms with E-state index in [0.717, 1.165) is 22.2 Å². The van der Waals surface area contributed by atoms with E-state index in [1.165, 1.54) is 4.31 Å². The lowest BCUT2D eigenvalue weighted by Gasteiger charge is -2.32. The van der Waals surface area contributed by atoms with Crippen LogP contribution in [0.3, 0.4) is 0 Å². The minimum atomic E-state index is -3.57. The van der Waals surface area contributed by atoms with Crippen LogP contribution in [0, 0.1) is 12.8 Å². The van der Waals surface area contributed by atoms with Crippen molar-refractivity contribution in [2.45, 2.75) is 52.2 Å². The largest absolute Gasteiger partial charge is 0.377 e. The molecule has 1 fully saturated rings. The zero-order valence-electron chi connectivity index (χ0n) is 18.8. The second kappa shape index (κ2) is 11.2. The van der Waals surface area contributed by atoms with Crippen LogP contribution in [-0.2, 0) is 26.2 Å². The van der Waals surface area contributed by atoms with Crippen molar-refractivity contribution >= 4 is 26.8 Å². The molecule has 1 amide bonds. The number of ether oxygens (including phenoxy) is 1. The summed E-state index contributed by atoms with van der Waals surface area (Å²) < 4.78 is 33.4. The van der Waals surface area contributed by atoms with Crippen LogP contribution >= 0.6 is 0 Å². The van der Waals surface area contributed by atoms with E-state index in [2.05, 4.69) is 10.3 Å². The molecular weight excluding hydrogens is 430 g/mol. The van der Waals surface area contributed by atoms with Crippen LogP contribution in [-0.4, -0.2) is 60.4 Å². The van der Waals surface area contributed by atoms with Gasteiger partial charge in [0.15, 0.2) is 0 Å². The van der Waals surface area contributed by atoms with Gasteiger partial charge in [-0.2, -0.15) is 0 Å². The third-order valence-electron chi connectivity index (χ3n) is 5.87. The molecule has 0 spiro atoms. The van der Waals surface area contributed by atoms with Crippen LogP contribution in [0.25, 0.3) is 10.9 Å². The van der Waals surface area contributed by atoms with Gasteiger partial charge in [-0.05, 0) is 43.9 Å². The number of sulfonamides is 1. The van der Waals surface area contributed by atoms with Gasteiger partial charge < -0.3 is 15.2 Å². The monoisotopic (exact) mass is 463 g/mol. The molecular formula is C23H33N3O5S. The lowest BCUT2D eigenvalue weighted by Crippen LogP contribution is -2.45. The van der Waals surface area contributed by atoms with Crippen molar-refractivity contribution in [3.05, 3.63) is 41.6 Å². The summed E-state index contributed by atoms with van der Waals surface area (Å²) in [6, 6.07) is 10.0. The molecule has 8 nitrogen and oxygen atoms in total. The van der Waals surface area contributed by atoms with Crippen LogP contribution in [0.1, 0.15) is 43.9 Å². The second-order valence-electron chi connectivity index (χ2n) is 8.31. The van der Waals surface area contributed by atoms with Gasteiger partial charge >= 0.3 is 0 Å². The Morgan fingerprint density at radius 2 is 2.03 bits per heavy atom. The van der Waals surface area contributed by atoms with E-state index < -0.39 is 28.6 Å². The molecule has 3 rings (SSSR count). The molecule has 0 bridgehead atoms. The van der Waals surface area contributed by atoms with Crippen molar-refractivity contribution in [1.29, 1.82) is 0 Å². The van der Waals surface area contributed by atoms with Crippen molar-refractivity contribution in [3.8, 4) is 0 Å². The molecule has 0 aliphatic carbocycles. The first kappa shape index (κ1) is 24.6. The molecule has 2 N–H and O–H groups in total. The lowest BCUT2D eigenvalue weighted by molar-refractivity contribution is -0.125. The minimum absolute atomic E-state index is 0.0159. The first-order valence-corrected chi connectivity index (χ1v) is 12.8. The third-order valence-corrected chi connectivity index (χ3v) is 7.85. The highest BCUT2D eigenvalue weighted by molar-refractivity contribution is 7.89. The summed E-state index contributed by atoms with van der Waals surface area (Å²) in [6.07, 6.45) is 2.37. The maximum absolute atomic E-state index is 12.9. The number of rotatable bonds is 10. The Hall–Kier alpha value is -2.07. The van der Waals surface area contributed by atoms with E-state index in [-0.39, 0.29) is 11.9 Å². The molecule has 1 aromatic carbocycles. The minimum Gasteiger partial charge on any atom is -0.377 e. The fraction of sp³-hybridized carbons (Fsp3) is 0.565. The number of aliphatic hydroxyl groups excluding tert-OH is 1. The molecule has 0 saturated carbocycles. The summed E-state index contributed by atoms with van der Waals surface area (Å²) in [4.78, 5) is 16.7. The molecule has 1 saturated heterocycles. The first-order valence-electron chi connectivity index (χ1n) is 11.2. The van der Waals surface area contributed by atoms with Crippen molar-refractivity contribution in [3.63, 3.8) is 0 Å². The maximum Gasteiger partial charge on any atom is 0.225 e. The van der Waals surface area contributed by atoms with E-state index in [9.17, 15) is 13.2 Å². The molecule has 9 heteroatoms. The number of amides is 1. The van der Waals surface area contributed by atoms with Gasteiger partial charge in [0.2, 0.25) is 15.9 Å². The number of para-hydroxylation sites is 1. The molecule has 2 heterocycles. The normalized spacial score (nSPS) is 16.8. The van der Waals surface area contributed by atoms with Gasteiger partial charge in [-0.3, -0.25) is 9.78 Å². The summed E-state index contributed by atoms with van der Waals surface area (Å²) >= 11 is 0. The Balaban J connectivity index is 1.56. The fourth-order valence-electron chi connectivity index (χ4n) is 4.22. The van der Waals surface area contributed by atoms with Crippen molar-refractivity contribution in [2.75, 3.05) is 25.6 Å². The zero-order chi connectivity index (χ0) is 23.1. The van der Waals surface area contributed by atoms with Gasteiger partial charge in [-0.1, -0.05) is 31.5 Å². The zero-order valence-corrected chi connectivity index (χ0v) is 19.6. The highest BCUT2D eigenvalue weighted by Gasteiger charge is 2.32. The number of hydrogen-bond acceptors (Lipinski definition) is 6.